The van der Waals surface area contributed by atoms with Gasteiger partial charge in [-0.1, -0.05) is 46.7 Å². The molecule has 2 rings (SSSR count). The van der Waals surface area contributed by atoms with Crippen LogP contribution in [0.2, 0.25) is 0 Å². The number of aliphatic hydroxyl groups excluding tert-OH is 2. The Balaban J connectivity index is 2.64. The fraction of sp³-hybridized carbons (Fsp3) is 0.893. The van der Waals surface area contributed by atoms with Crippen molar-refractivity contribution in [3.63, 3.8) is 0 Å². The Morgan fingerprint density at radius 1 is 1.07 bits per heavy atom. The van der Waals surface area contributed by atoms with Crippen molar-refractivity contribution in [2.24, 2.45) is 34.2 Å². The molecule has 2 aliphatic heterocycles. The van der Waals surface area contributed by atoms with Crippen molar-refractivity contribution in [2.45, 2.75) is 123 Å². The fourth-order valence-corrected chi connectivity index (χ4v) is 6.20. The summed E-state index contributed by atoms with van der Waals surface area (Å²) in [5.41, 5.74) is 2.19. The second-order valence-electron chi connectivity index (χ2n) is 13.0. The van der Waals surface area contributed by atoms with E-state index in [1.54, 1.807) is 20.8 Å². The molecule has 0 saturated carbocycles. The molecule has 0 aliphatic carbocycles. The van der Waals surface area contributed by atoms with Crippen LogP contribution in [0.1, 0.15) is 75.2 Å². The summed E-state index contributed by atoms with van der Waals surface area (Å²) in [5.74, 6) is -6.68. The molecule has 0 aromatic carbocycles. The van der Waals surface area contributed by atoms with Gasteiger partial charge < -0.3 is 29.5 Å². The smallest absolute Gasteiger partial charge is 0.351 e. The number of carbonyl (C=O) groups is 3. The Morgan fingerprint density at radius 2 is 1.66 bits per heavy atom. The van der Waals surface area contributed by atoms with E-state index in [1.807, 2.05) is 13.8 Å². The van der Waals surface area contributed by atoms with Gasteiger partial charge in [-0.15, -0.1) is 0 Å². The number of Topliss-reactive ketones (excluding diaryl/α,β-unsaturated/α-hetero) is 2. The summed E-state index contributed by atoms with van der Waals surface area (Å²) in [6.07, 6.45) is -6.51. The predicted molar refractivity (Wildman–Crippen MR) is 145 cm³/mol. The SMILES string of the molecule is CC1CC(C)C(O)C(O[C@@H]2[C@@H](C)C(=O)[C@](C)(F)C(=O)O[C@H](CN=[N+]=[N-])[C@@](C)(O)[C@H](O)[C@@H](C)C(=O)[C@H](C)CC2(C)C)O1. The van der Waals surface area contributed by atoms with Crippen molar-refractivity contribution >= 4 is 17.5 Å². The van der Waals surface area contributed by atoms with Gasteiger partial charge >= 0.3 is 5.97 Å². The molecule has 12 nitrogen and oxygen atoms in total. The topological polar surface area (TPSA) is 188 Å². The van der Waals surface area contributed by atoms with E-state index in [0.717, 1.165) is 13.8 Å². The number of aliphatic hydroxyl groups is 3. The van der Waals surface area contributed by atoms with Crippen molar-refractivity contribution in [1.82, 2.24) is 0 Å². The van der Waals surface area contributed by atoms with Gasteiger partial charge in [0.05, 0.1) is 24.9 Å². The number of nitrogens with zero attached hydrogens (tertiary/aromatic N) is 3. The summed E-state index contributed by atoms with van der Waals surface area (Å²) in [5, 5.41) is 36.3. The maximum Gasteiger partial charge on any atom is 0.351 e. The number of alkyl halides is 1. The zero-order chi connectivity index (χ0) is 31.7. The molecule has 4 unspecified atom stereocenters. The molecule has 234 valence electrons. The van der Waals surface area contributed by atoms with Crippen LogP contribution in [0.5, 0.6) is 0 Å². The first kappa shape index (κ1) is 35.0. The number of azide groups is 1. The van der Waals surface area contributed by atoms with Gasteiger partial charge in [0.1, 0.15) is 23.6 Å². The van der Waals surface area contributed by atoms with Crippen molar-refractivity contribution in [3.05, 3.63) is 10.4 Å². The lowest BCUT2D eigenvalue weighted by Gasteiger charge is -2.45. The van der Waals surface area contributed by atoms with Crippen LogP contribution < -0.4 is 0 Å². The maximum atomic E-state index is 16.1. The van der Waals surface area contributed by atoms with Crippen molar-refractivity contribution in [3.8, 4) is 0 Å². The summed E-state index contributed by atoms with van der Waals surface area (Å²) in [6.45, 7) is 12.6. The summed E-state index contributed by atoms with van der Waals surface area (Å²) >= 11 is 0. The van der Waals surface area contributed by atoms with Gasteiger partial charge in [-0.3, -0.25) is 9.59 Å². The zero-order valence-corrected chi connectivity index (χ0v) is 25.4. The summed E-state index contributed by atoms with van der Waals surface area (Å²) in [7, 11) is 0. The molecular weight excluding hydrogens is 541 g/mol. The van der Waals surface area contributed by atoms with Crippen LogP contribution in [0, 0.1) is 29.1 Å². The van der Waals surface area contributed by atoms with E-state index in [4.69, 9.17) is 19.7 Å². The van der Waals surface area contributed by atoms with Crippen LogP contribution in [0.15, 0.2) is 5.11 Å². The zero-order valence-electron chi connectivity index (χ0n) is 25.4. The van der Waals surface area contributed by atoms with Crippen LogP contribution in [-0.4, -0.2) is 87.5 Å². The predicted octanol–water partition coefficient (Wildman–Crippen LogP) is 3.04. The number of rotatable bonds is 4. The molecule has 0 spiro atoms. The third-order valence-electron chi connectivity index (χ3n) is 8.75. The first-order valence-corrected chi connectivity index (χ1v) is 14.1. The van der Waals surface area contributed by atoms with E-state index >= 15 is 4.39 Å². The number of ketones is 2. The van der Waals surface area contributed by atoms with Crippen LogP contribution in [0.4, 0.5) is 4.39 Å². The molecule has 2 heterocycles. The third-order valence-corrected chi connectivity index (χ3v) is 8.75. The van der Waals surface area contributed by atoms with Gasteiger partial charge in [0.25, 0.3) is 5.67 Å². The van der Waals surface area contributed by atoms with Crippen LogP contribution in [0.3, 0.4) is 0 Å². The van der Waals surface area contributed by atoms with Crippen molar-refractivity contribution in [1.29, 1.82) is 0 Å². The highest BCUT2D eigenvalue weighted by atomic mass is 19.1. The fourth-order valence-electron chi connectivity index (χ4n) is 6.20. The van der Waals surface area contributed by atoms with E-state index in [2.05, 4.69) is 10.0 Å². The molecule has 41 heavy (non-hydrogen) atoms. The lowest BCUT2D eigenvalue weighted by atomic mass is 9.69. The van der Waals surface area contributed by atoms with E-state index in [0.29, 0.717) is 6.42 Å². The Bertz CT molecular complexity index is 1030. The second kappa shape index (κ2) is 13.0. The van der Waals surface area contributed by atoms with E-state index in [1.165, 1.54) is 13.8 Å². The van der Waals surface area contributed by atoms with Gasteiger partial charge in [-0.2, -0.15) is 0 Å². The monoisotopic (exact) mass is 587 g/mol. The number of ether oxygens (including phenoxy) is 3. The molecule has 3 N–H and O–H groups in total. The molecule has 0 amide bonds. The molecule has 0 radical (unpaired) electrons. The third kappa shape index (κ3) is 7.44. The van der Waals surface area contributed by atoms with E-state index in [9.17, 15) is 29.7 Å². The Hall–Kier alpha value is -2.15. The number of carbonyl (C=O) groups excluding carboxylic acids is 3. The van der Waals surface area contributed by atoms with Crippen LogP contribution in [0.25, 0.3) is 10.4 Å². The average molecular weight is 588 g/mol. The second-order valence-corrected chi connectivity index (χ2v) is 13.0. The molecule has 2 fully saturated rings. The van der Waals surface area contributed by atoms with E-state index in [-0.39, 0.29) is 18.4 Å². The van der Waals surface area contributed by atoms with Gasteiger partial charge in [0, 0.05) is 22.7 Å². The normalized spacial score (nSPS) is 44.9. The largest absolute Gasteiger partial charge is 0.456 e. The number of hydrogen-bond donors (Lipinski definition) is 3. The van der Waals surface area contributed by atoms with Crippen LogP contribution >= 0.6 is 0 Å². The first-order chi connectivity index (χ1) is 18.7. The standard InChI is InChI=1S/C28H46FN3O9/c1-13-10-15(3)39-24(20(13)34)41-23-17(5)21(35)27(8,29)25(37)40-18(12-31-32-30)28(9,38)22(36)16(4)19(33)14(2)11-26(23,6)7/h13-18,20,22-24,34,36,38H,10-12H2,1-9H3/t13?,14-,15?,16+,17+,18-,20?,22-,23-,24?,27+,28-/m1/s1. The van der Waals surface area contributed by atoms with E-state index < -0.39 is 89.2 Å². The molecule has 0 aromatic heterocycles. The highest BCUT2D eigenvalue weighted by Crippen LogP contribution is 2.41. The van der Waals surface area contributed by atoms with Gasteiger partial charge in [-0.25, -0.2) is 9.18 Å². The number of esters is 1. The Labute approximate surface area is 240 Å². The summed E-state index contributed by atoms with van der Waals surface area (Å²) < 4.78 is 33.4. The number of hydrogen-bond acceptors (Lipinski definition) is 10. The molecular formula is C28H46FN3O9. The first-order valence-electron chi connectivity index (χ1n) is 14.1. The highest BCUT2D eigenvalue weighted by Gasteiger charge is 2.54. The molecule has 13 heteroatoms. The van der Waals surface area contributed by atoms with Crippen molar-refractivity contribution in [2.75, 3.05) is 6.54 Å². The minimum Gasteiger partial charge on any atom is -0.456 e. The molecule has 0 aromatic rings. The van der Waals surface area contributed by atoms with Crippen LogP contribution in [-0.2, 0) is 28.6 Å². The lowest BCUT2D eigenvalue weighted by molar-refractivity contribution is -0.284. The number of halogens is 1. The minimum absolute atomic E-state index is 0.108. The number of cyclic esters (lactones) is 1. The van der Waals surface area contributed by atoms with Gasteiger partial charge in [0.2, 0.25) is 0 Å². The molecule has 0 bridgehead atoms. The van der Waals surface area contributed by atoms with Gasteiger partial charge in [0.15, 0.2) is 12.1 Å². The lowest BCUT2D eigenvalue weighted by Crippen LogP contribution is -2.59. The Kier molecular flexibility index (Phi) is 11.1. The molecule has 2 aliphatic rings. The highest BCUT2D eigenvalue weighted by molar-refractivity contribution is 6.07. The summed E-state index contributed by atoms with van der Waals surface area (Å²) in [6, 6.07) is 0. The molecule has 2 saturated heterocycles. The maximum absolute atomic E-state index is 16.1. The minimum atomic E-state index is -3.24. The summed E-state index contributed by atoms with van der Waals surface area (Å²) in [4.78, 5) is 42.8. The average Bonchev–Trinajstić information content (AvgIpc) is 2.88. The quantitative estimate of drug-likeness (QED) is 0.146. The Morgan fingerprint density at radius 3 is 2.22 bits per heavy atom. The molecule has 12 atom stereocenters. The van der Waals surface area contributed by atoms with Crippen molar-refractivity contribution < 1.29 is 48.3 Å². The van der Waals surface area contributed by atoms with Gasteiger partial charge in [-0.05, 0) is 50.5 Å².